The van der Waals surface area contributed by atoms with Crippen molar-refractivity contribution in [3.05, 3.63) is 34.3 Å². The average Bonchev–Trinajstić information content (AvgIpc) is 3.28. The highest BCUT2D eigenvalue weighted by molar-refractivity contribution is 5.92. The van der Waals surface area contributed by atoms with E-state index in [2.05, 4.69) is 43.5 Å². The molecule has 2 bridgehead atoms. The Morgan fingerprint density at radius 1 is 1.32 bits per heavy atom. The van der Waals surface area contributed by atoms with Gasteiger partial charge in [-0.15, -0.1) is 0 Å². The summed E-state index contributed by atoms with van der Waals surface area (Å²) in [5, 5.41) is 23.0. The number of amides is 1. The summed E-state index contributed by atoms with van der Waals surface area (Å²) in [7, 11) is 1.86. The van der Waals surface area contributed by atoms with Crippen molar-refractivity contribution in [2.24, 2.45) is 11.3 Å². The minimum atomic E-state index is -0.224. The summed E-state index contributed by atoms with van der Waals surface area (Å²) in [4.78, 5) is 19.9. The van der Waals surface area contributed by atoms with Gasteiger partial charge in [0.1, 0.15) is 11.9 Å². The number of aryl methyl sites for hydroxylation is 2. The third-order valence-corrected chi connectivity index (χ3v) is 9.80. The molecule has 40 heavy (non-hydrogen) atoms. The van der Waals surface area contributed by atoms with Crippen LogP contribution in [0.2, 0.25) is 0 Å². The molecule has 10 nitrogen and oxygen atoms in total. The lowest BCUT2D eigenvalue weighted by atomic mass is 9.60. The van der Waals surface area contributed by atoms with Gasteiger partial charge < -0.3 is 31.0 Å². The number of ether oxygens (including phenoxy) is 1. The Labute approximate surface area is 237 Å². The van der Waals surface area contributed by atoms with Gasteiger partial charge in [-0.05, 0) is 63.4 Å². The van der Waals surface area contributed by atoms with Crippen molar-refractivity contribution in [3.8, 4) is 0 Å². The van der Waals surface area contributed by atoms with Gasteiger partial charge in [-0.25, -0.2) is 4.98 Å². The van der Waals surface area contributed by atoms with Crippen molar-refractivity contribution in [1.29, 1.82) is 5.41 Å². The predicted octanol–water partition coefficient (Wildman–Crippen LogP) is 2.94. The van der Waals surface area contributed by atoms with Crippen LogP contribution in [0.5, 0.6) is 0 Å². The van der Waals surface area contributed by atoms with Crippen molar-refractivity contribution >= 4 is 23.6 Å². The third kappa shape index (κ3) is 5.11. The van der Waals surface area contributed by atoms with E-state index in [0.29, 0.717) is 19.1 Å². The molecule has 2 aliphatic carbocycles. The van der Waals surface area contributed by atoms with Gasteiger partial charge in [-0.1, -0.05) is 6.42 Å². The van der Waals surface area contributed by atoms with E-state index in [9.17, 15) is 4.79 Å². The van der Waals surface area contributed by atoms with Crippen LogP contribution in [0.15, 0.2) is 6.07 Å². The van der Waals surface area contributed by atoms with Gasteiger partial charge >= 0.3 is 0 Å². The minimum Gasteiger partial charge on any atom is -0.378 e. The Bertz CT molecular complexity index is 1270. The summed E-state index contributed by atoms with van der Waals surface area (Å²) in [5.41, 5.74) is 6.93. The fourth-order valence-corrected chi connectivity index (χ4v) is 7.77. The van der Waals surface area contributed by atoms with Crippen molar-refractivity contribution in [2.75, 3.05) is 43.6 Å². The van der Waals surface area contributed by atoms with Gasteiger partial charge in [0.15, 0.2) is 0 Å². The Morgan fingerprint density at radius 2 is 2.20 bits per heavy atom. The van der Waals surface area contributed by atoms with Gasteiger partial charge in [0.25, 0.3) is 0 Å². The maximum Gasteiger partial charge on any atom is 0.239 e. The first-order valence-electron chi connectivity index (χ1n) is 15.0. The molecular weight excluding hydrogens is 504 g/mol. The van der Waals surface area contributed by atoms with Crippen molar-refractivity contribution in [2.45, 2.75) is 84.0 Å². The molecule has 4 aliphatic rings. The second kappa shape index (κ2) is 11.1. The van der Waals surface area contributed by atoms with E-state index in [1.807, 2.05) is 14.0 Å². The lowest BCUT2D eigenvalue weighted by Gasteiger charge is -2.49. The van der Waals surface area contributed by atoms with Gasteiger partial charge in [-0.3, -0.25) is 9.48 Å². The number of aromatic nitrogens is 3. The van der Waals surface area contributed by atoms with E-state index < -0.39 is 0 Å². The first kappa shape index (κ1) is 27.2. The van der Waals surface area contributed by atoms with Crippen LogP contribution >= 0.6 is 0 Å². The number of hydrogen-bond donors (Lipinski definition) is 4. The zero-order valence-electron chi connectivity index (χ0n) is 24.2. The molecule has 216 valence electrons. The molecule has 2 aromatic rings. The van der Waals surface area contributed by atoms with Crippen LogP contribution in [0.3, 0.4) is 0 Å². The Morgan fingerprint density at radius 3 is 2.98 bits per heavy atom. The van der Waals surface area contributed by atoms with Gasteiger partial charge in [0.05, 0.1) is 30.2 Å². The molecule has 4 heterocycles. The topological polar surface area (TPSA) is 120 Å². The summed E-state index contributed by atoms with van der Waals surface area (Å²) in [6.45, 7) is 8.71. The third-order valence-electron chi connectivity index (χ3n) is 9.80. The van der Waals surface area contributed by atoms with Gasteiger partial charge in [0, 0.05) is 68.9 Å². The van der Waals surface area contributed by atoms with Crippen molar-refractivity contribution in [1.82, 2.24) is 25.4 Å². The number of nitrogens with zero attached hydrogens (tertiary/aromatic N) is 4. The fourth-order valence-electron chi connectivity index (χ4n) is 7.77. The number of carbonyl (C=O) groups is 1. The van der Waals surface area contributed by atoms with Crippen LogP contribution in [-0.2, 0) is 29.0 Å². The van der Waals surface area contributed by atoms with E-state index in [4.69, 9.17) is 15.2 Å². The van der Waals surface area contributed by atoms with E-state index in [1.165, 1.54) is 36.7 Å². The van der Waals surface area contributed by atoms with Crippen LogP contribution in [-0.4, -0.2) is 72.3 Å². The van der Waals surface area contributed by atoms with Crippen LogP contribution in [0.25, 0.3) is 0 Å². The first-order chi connectivity index (χ1) is 19.4. The lowest BCUT2D eigenvalue weighted by Crippen LogP contribution is -2.56. The maximum atomic E-state index is 12.9. The Hall–Kier alpha value is -2.98. The largest absolute Gasteiger partial charge is 0.378 e. The van der Waals surface area contributed by atoms with Crippen LogP contribution in [0.4, 0.5) is 11.5 Å². The predicted molar refractivity (Wildman–Crippen MR) is 156 cm³/mol. The highest BCUT2D eigenvalue weighted by atomic mass is 16.5. The first-order valence-corrected chi connectivity index (χ1v) is 15.0. The minimum absolute atomic E-state index is 0.0986. The maximum absolute atomic E-state index is 12.9. The summed E-state index contributed by atoms with van der Waals surface area (Å²) in [6, 6.07) is 2.14. The molecule has 4 N–H and O–H groups in total. The number of morpholine rings is 1. The number of hydrogen-bond acceptors (Lipinski definition) is 8. The number of rotatable bonds is 7. The quantitative estimate of drug-likeness (QED) is 0.393. The Balaban J connectivity index is 1.16. The summed E-state index contributed by atoms with van der Waals surface area (Å²) >= 11 is 0. The molecule has 1 amide bonds. The average molecular weight is 549 g/mol. The summed E-state index contributed by atoms with van der Waals surface area (Å²) in [6.07, 6.45) is 9.36. The van der Waals surface area contributed by atoms with Crippen LogP contribution < -0.4 is 20.9 Å². The molecule has 2 aliphatic heterocycles. The standard InChI is InChI=1S/C30H44N8O2/c1-19-13-27(22(15-31)28(32-3)34-19)37-11-7-26-23(16-37)20(2)36-38(26)18-30-8-4-5-21(14-30)24(6-9-30)35-29(39)25-17-40-12-10-33-25/h13,15,21,24-25,31,33H,4-12,14,16-18H2,1-3H3,(H,32,34)(H,35,39)/t21?,24?,25-,30?/m0/s1. The van der Waals surface area contributed by atoms with Crippen molar-refractivity contribution in [3.63, 3.8) is 0 Å². The SMILES string of the molecule is CNc1nc(C)cc(N2CCc3c(c(C)nn3CC34CCCC(C3)C(NC(=O)[C@@H]3COCCN3)CC4)C2)c1C=N. The van der Waals surface area contributed by atoms with Crippen LogP contribution in [0.1, 0.15) is 66.7 Å². The number of anilines is 2. The van der Waals surface area contributed by atoms with E-state index in [0.717, 1.165) is 80.3 Å². The fraction of sp³-hybridized carbons (Fsp3) is 0.667. The second-order valence-electron chi connectivity index (χ2n) is 12.4. The second-order valence-corrected chi connectivity index (χ2v) is 12.4. The number of carbonyl (C=O) groups excluding carboxylic acids is 1. The highest BCUT2D eigenvalue weighted by Crippen LogP contribution is 2.50. The summed E-state index contributed by atoms with van der Waals surface area (Å²) in [5.74, 6) is 1.39. The molecule has 4 atom stereocenters. The molecular formula is C30H44N8O2. The Kier molecular flexibility index (Phi) is 7.56. The smallest absolute Gasteiger partial charge is 0.239 e. The molecule has 0 aromatic carbocycles. The van der Waals surface area contributed by atoms with Crippen LogP contribution in [0, 0.1) is 30.6 Å². The highest BCUT2D eigenvalue weighted by Gasteiger charge is 2.45. The number of fused-ring (bicyclic) bond motifs is 3. The molecule has 10 heteroatoms. The zero-order chi connectivity index (χ0) is 27.9. The normalized spacial score (nSPS) is 28.1. The number of pyridine rings is 1. The molecule has 3 fully saturated rings. The zero-order valence-corrected chi connectivity index (χ0v) is 24.2. The van der Waals surface area contributed by atoms with E-state index in [1.54, 1.807) is 0 Å². The van der Waals surface area contributed by atoms with Gasteiger partial charge in [-0.2, -0.15) is 5.10 Å². The molecule has 0 spiro atoms. The number of nitrogens with one attached hydrogen (secondary N) is 4. The lowest BCUT2D eigenvalue weighted by molar-refractivity contribution is -0.128. The van der Waals surface area contributed by atoms with Crippen molar-refractivity contribution < 1.29 is 9.53 Å². The van der Waals surface area contributed by atoms with E-state index in [-0.39, 0.29) is 23.4 Å². The van der Waals surface area contributed by atoms with Gasteiger partial charge in [0.2, 0.25) is 5.91 Å². The molecule has 1 saturated heterocycles. The molecule has 0 radical (unpaired) electrons. The molecule has 6 rings (SSSR count). The molecule has 2 aromatic heterocycles. The van der Waals surface area contributed by atoms with E-state index >= 15 is 0 Å². The molecule has 3 unspecified atom stereocenters. The summed E-state index contributed by atoms with van der Waals surface area (Å²) < 4.78 is 7.85. The monoisotopic (exact) mass is 548 g/mol. The molecule has 2 saturated carbocycles.